The molecule has 4 heteroatoms. The summed E-state index contributed by atoms with van der Waals surface area (Å²) in [6.45, 7) is 11.2. The van der Waals surface area contributed by atoms with Crippen LogP contribution < -0.4 is 0 Å². The minimum absolute atomic E-state index is 0.0915. The van der Waals surface area contributed by atoms with Crippen molar-refractivity contribution in [2.75, 3.05) is 13.1 Å². The fraction of sp³-hybridized carbons (Fsp3) is 0.529. The van der Waals surface area contributed by atoms with Gasteiger partial charge in [-0.05, 0) is 37.5 Å². The molecule has 0 spiro atoms. The Morgan fingerprint density at radius 1 is 1.10 bits per heavy atom. The molecule has 0 heterocycles. The Balaban J connectivity index is 0.00000191. The van der Waals surface area contributed by atoms with E-state index in [2.05, 4.69) is 0 Å². The highest BCUT2D eigenvalue weighted by atomic mass is 16.4. The van der Waals surface area contributed by atoms with Crippen molar-refractivity contribution < 1.29 is 14.7 Å². The molecule has 1 aromatic rings. The zero-order chi connectivity index (χ0) is 16.4. The molecular formula is C17H27NO3. The maximum atomic E-state index is 12.3. The number of carboxylic acid groups (broad SMARTS) is 1. The van der Waals surface area contributed by atoms with Crippen LogP contribution in [0.25, 0.3) is 0 Å². The quantitative estimate of drug-likeness (QED) is 0.863. The summed E-state index contributed by atoms with van der Waals surface area (Å²) in [5.74, 6) is -1.09. The van der Waals surface area contributed by atoms with Crippen LogP contribution in [0.5, 0.6) is 0 Å². The lowest BCUT2D eigenvalue weighted by atomic mass is 10.0. The number of hydrogen-bond acceptors (Lipinski definition) is 2. The minimum atomic E-state index is -0.996. The number of amides is 1. The molecule has 0 unspecified atom stereocenters. The molecule has 1 amide bonds. The first kappa shape index (κ1) is 19.2. The number of aryl methyl sites for hydroxylation is 1. The summed E-state index contributed by atoms with van der Waals surface area (Å²) in [4.78, 5) is 25.2. The first-order valence-corrected chi connectivity index (χ1v) is 7.64. The molecule has 118 valence electrons. The number of carbonyl (C=O) groups excluding carboxylic acids is 1. The third kappa shape index (κ3) is 5.58. The van der Waals surface area contributed by atoms with E-state index in [4.69, 9.17) is 5.11 Å². The van der Waals surface area contributed by atoms with Crippen LogP contribution in [0.15, 0.2) is 18.2 Å². The van der Waals surface area contributed by atoms with Gasteiger partial charge in [-0.25, -0.2) is 4.79 Å². The zero-order valence-electron chi connectivity index (χ0n) is 13.8. The largest absolute Gasteiger partial charge is 0.478 e. The van der Waals surface area contributed by atoms with Gasteiger partial charge in [0.25, 0.3) is 5.91 Å². The highest BCUT2D eigenvalue weighted by Gasteiger charge is 2.17. The van der Waals surface area contributed by atoms with E-state index in [1.54, 1.807) is 24.0 Å². The Morgan fingerprint density at radius 3 is 2.05 bits per heavy atom. The number of rotatable bonds is 6. The summed E-state index contributed by atoms with van der Waals surface area (Å²) in [5, 5.41) is 9.09. The average Bonchev–Trinajstić information content (AvgIpc) is 2.48. The van der Waals surface area contributed by atoms with Gasteiger partial charge in [0, 0.05) is 18.7 Å². The van der Waals surface area contributed by atoms with Crippen LogP contribution in [0.4, 0.5) is 0 Å². The molecule has 0 saturated heterocycles. The number of hydrogen-bond donors (Lipinski definition) is 1. The molecule has 0 fully saturated rings. The Bertz CT molecular complexity index is 463. The maximum absolute atomic E-state index is 12.3. The van der Waals surface area contributed by atoms with Crippen LogP contribution in [-0.2, 0) is 0 Å². The molecule has 0 atom stereocenters. The van der Waals surface area contributed by atoms with Crippen molar-refractivity contribution in [3.63, 3.8) is 0 Å². The third-order valence-corrected chi connectivity index (χ3v) is 2.99. The molecule has 1 rings (SSSR count). The van der Waals surface area contributed by atoms with E-state index in [1.807, 2.05) is 27.7 Å². The van der Waals surface area contributed by atoms with Crippen LogP contribution in [0, 0.1) is 6.92 Å². The van der Waals surface area contributed by atoms with E-state index in [0.717, 1.165) is 12.8 Å². The van der Waals surface area contributed by atoms with E-state index in [1.165, 1.54) is 6.07 Å². The van der Waals surface area contributed by atoms with E-state index in [0.29, 0.717) is 24.2 Å². The van der Waals surface area contributed by atoms with Crippen LogP contribution in [0.2, 0.25) is 0 Å². The van der Waals surface area contributed by atoms with Crippen molar-refractivity contribution in [2.24, 2.45) is 0 Å². The molecule has 0 aliphatic carbocycles. The summed E-state index contributed by atoms with van der Waals surface area (Å²) in [6.07, 6.45) is 1.78. The lowest BCUT2D eigenvalue weighted by molar-refractivity contribution is 0.0696. The lowest BCUT2D eigenvalue weighted by Gasteiger charge is -2.21. The smallest absolute Gasteiger partial charge is 0.335 e. The predicted molar refractivity (Wildman–Crippen MR) is 86.0 cm³/mol. The molecule has 0 bridgehead atoms. The second-order valence-corrected chi connectivity index (χ2v) is 4.63. The minimum Gasteiger partial charge on any atom is -0.478 e. The molecule has 0 radical (unpaired) electrons. The molecule has 0 aliphatic heterocycles. The number of benzene rings is 1. The van der Waals surface area contributed by atoms with E-state index >= 15 is 0 Å². The Hall–Kier alpha value is -1.84. The van der Waals surface area contributed by atoms with Crippen molar-refractivity contribution in [1.82, 2.24) is 4.90 Å². The molecule has 21 heavy (non-hydrogen) atoms. The van der Waals surface area contributed by atoms with Gasteiger partial charge in [-0.3, -0.25) is 4.79 Å². The van der Waals surface area contributed by atoms with Crippen LogP contribution in [0.3, 0.4) is 0 Å². The van der Waals surface area contributed by atoms with Gasteiger partial charge in [0.1, 0.15) is 0 Å². The van der Waals surface area contributed by atoms with Crippen molar-refractivity contribution >= 4 is 11.9 Å². The summed E-state index contributed by atoms with van der Waals surface area (Å²) in [5.41, 5.74) is 1.31. The van der Waals surface area contributed by atoms with Crippen molar-refractivity contribution in [3.8, 4) is 0 Å². The molecule has 4 nitrogen and oxygen atoms in total. The number of carboxylic acids is 1. The molecule has 1 aromatic carbocycles. The fourth-order valence-electron chi connectivity index (χ4n) is 2.02. The molecule has 1 N–H and O–H groups in total. The standard InChI is InChI=1S/C15H21NO3.C2H6/c1-4-8-16(9-5-2)14(17)12-7-6-11(3)13(10-12)15(18)19;1-2/h6-7,10H,4-5,8-9H2,1-3H3,(H,18,19);1-2H3. The van der Waals surface area contributed by atoms with Crippen molar-refractivity contribution in [3.05, 3.63) is 34.9 Å². The monoisotopic (exact) mass is 293 g/mol. The van der Waals surface area contributed by atoms with Gasteiger partial charge in [0.05, 0.1) is 5.56 Å². The van der Waals surface area contributed by atoms with Crippen LogP contribution in [-0.4, -0.2) is 35.0 Å². The average molecular weight is 293 g/mol. The van der Waals surface area contributed by atoms with Gasteiger partial charge in [0.2, 0.25) is 0 Å². The molecule has 0 aromatic heterocycles. The SMILES string of the molecule is CC.CCCN(CCC)C(=O)c1ccc(C)c(C(=O)O)c1. The summed E-state index contributed by atoms with van der Waals surface area (Å²) in [6, 6.07) is 4.85. The van der Waals surface area contributed by atoms with Gasteiger partial charge < -0.3 is 10.0 Å². The first-order chi connectivity index (χ1) is 10.0. The lowest BCUT2D eigenvalue weighted by Crippen LogP contribution is -2.32. The maximum Gasteiger partial charge on any atom is 0.335 e. The van der Waals surface area contributed by atoms with Gasteiger partial charge in [-0.15, -0.1) is 0 Å². The van der Waals surface area contributed by atoms with Gasteiger partial charge in [-0.2, -0.15) is 0 Å². The second kappa shape index (κ2) is 9.97. The highest BCUT2D eigenvalue weighted by Crippen LogP contribution is 2.14. The molecular weight excluding hydrogens is 266 g/mol. The van der Waals surface area contributed by atoms with Crippen molar-refractivity contribution in [1.29, 1.82) is 0 Å². The third-order valence-electron chi connectivity index (χ3n) is 2.99. The summed E-state index contributed by atoms with van der Waals surface area (Å²) < 4.78 is 0. The van der Waals surface area contributed by atoms with Crippen molar-refractivity contribution in [2.45, 2.75) is 47.5 Å². The summed E-state index contributed by atoms with van der Waals surface area (Å²) in [7, 11) is 0. The van der Waals surface area contributed by atoms with Gasteiger partial charge in [-0.1, -0.05) is 33.8 Å². The molecule has 0 aliphatic rings. The van der Waals surface area contributed by atoms with Crippen LogP contribution >= 0.6 is 0 Å². The second-order valence-electron chi connectivity index (χ2n) is 4.63. The van der Waals surface area contributed by atoms with E-state index in [-0.39, 0.29) is 11.5 Å². The predicted octanol–water partition coefficient (Wildman–Crippen LogP) is 3.98. The van der Waals surface area contributed by atoms with Gasteiger partial charge in [0.15, 0.2) is 0 Å². The highest BCUT2D eigenvalue weighted by molar-refractivity contribution is 5.98. The number of nitrogens with zero attached hydrogens (tertiary/aromatic N) is 1. The fourth-order valence-corrected chi connectivity index (χ4v) is 2.02. The van der Waals surface area contributed by atoms with Gasteiger partial charge >= 0.3 is 5.97 Å². The number of aromatic carboxylic acids is 1. The normalized spacial score (nSPS) is 9.57. The van der Waals surface area contributed by atoms with E-state index < -0.39 is 5.97 Å². The topological polar surface area (TPSA) is 57.6 Å². The molecule has 0 saturated carbocycles. The Labute approximate surface area is 127 Å². The zero-order valence-corrected chi connectivity index (χ0v) is 13.8. The van der Waals surface area contributed by atoms with Crippen LogP contribution in [0.1, 0.15) is 66.8 Å². The van der Waals surface area contributed by atoms with E-state index in [9.17, 15) is 9.59 Å². The number of carbonyl (C=O) groups is 2. The summed E-state index contributed by atoms with van der Waals surface area (Å²) >= 11 is 0. The Morgan fingerprint density at radius 2 is 1.62 bits per heavy atom. The Kier molecular flexibility index (Phi) is 9.10. The first-order valence-electron chi connectivity index (χ1n) is 7.64.